The van der Waals surface area contributed by atoms with Gasteiger partial charge in [0.25, 0.3) is 5.91 Å². The third-order valence-electron chi connectivity index (χ3n) is 4.94. The molecular weight excluding hydrogens is 352 g/mol. The number of hydrogen-bond acceptors (Lipinski definition) is 3. The second-order valence-electron chi connectivity index (χ2n) is 7.55. The normalized spacial score (nSPS) is 16.7. The van der Waals surface area contributed by atoms with Crippen molar-refractivity contribution in [1.82, 2.24) is 20.5 Å². The summed E-state index contributed by atoms with van der Waals surface area (Å²) in [6, 6.07) is 11.6. The Bertz CT molecular complexity index is 807. The van der Waals surface area contributed by atoms with Crippen molar-refractivity contribution in [1.29, 1.82) is 0 Å². The van der Waals surface area contributed by atoms with Crippen molar-refractivity contribution < 1.29 is 9.59 Å². The molecule has 2 N–H and O–H groups in total. The zero-order valence-electron chi connectivity index (χ0n) is 16.5. The molecule has 0 radical (unpaired) electrons. The van der Waals surface area contributed by atoms with Gasteiger partial charge in [-0.2, -0.15) is 0 Å². The van der Waals surface area contributed by atoms with Gasteiger partial charge in [0.15, 0.2) is 0 Å². The minimum Gasteiger partial charge on any atom is -0.348 e. The van der Waals surface area contributed by atoms with E-state index in [0.29, 0.717) is 18.7 Å². The Balaban J connectivity index is 1.63. The minimum atomic E-state index is -0.0936. The SMILES string of the molecule is CC(C)NC(=O)N1CCCC(c2cccc(C(=O)NCc3ccncc3)c2)C1. The van der Waals surface area contributed by atoms with E-state index in [1.54, 1.807) is 12.4 Å². The van der Waals surface area contributed by atoms with Crippen molar-refractivity contribution >= 4 is 11.9 Å². The van der Waals surface area contributed by atoms with E-state index in [9.17, 15) is 9.59 Å². The van der Waals surface area contributed by atoms with Crippen LogP contribution < -0.4 is 10.6 Å². The second kappa shape index (κ2) is 9.35. The molecule has 1 aliphatic heterocycles. The first-order chi connectivity index (χ1) is 13.5. The average Bonchev–Trinajstić information content (AvgIpc) is 2.72. The molecule has 6 heteroatoms. The van der Waals surface area contributed by atoms with Crippen molar-refractivity contribution in [3.63, 3.8) is 0 Å². The molecule has 0 bridgehead atoms. The van der Waals surface area contributed by atoms with E-state index < -0.39 is 0 Å². The lowest BCUT2D eigenvalue weighted by Gasteiger charge is -2.33. The summed E-state index contributed by atoms with van der Waals surface area (Å²) >= 11 is 0. The number of piperidine rings is 1. The number of pyridine rings is 1. The van der Waals surface area contributed by atoms with Crippen LogP contribution in [-0.4, -0.2) is 41.0 Å². The summed E-state index contributed by atoms with van der Waals surface area (Å²) < 4.78 is 0. The molecule has 1 unspecified atom stereocenters. The third-order valence-corrected chi connectivity index (χ3v) is 4.94. The second-order valence-corrected chi connectivity index (χ2v) is 7.55. The van der Waals surface area contributed by atoms with E-state index in [1.807, 2.05) is 55.1 Å². The molecule has 148 valence electrons. The number of urea groups is 1. The lowest BCUT2D eigenvalue weighted by molar-refractivity contribution is 0.0950. The number of benzene rings is 1. The van der Waals surface area contributed by atoms with Crippen LogP contribution in [0.5, 0.6) is 0 Å². The fourth-order valence-electron chi connectivity index (χ4n) is 3.49. The molecule has 3 amide bonds. The zero-order valence-corrected chi connectivity index (χ0v) is 16.5. The van der Waals surface area contributed by atoms with E-state index in [0.717, 1.165) is 30.5 Å². The van der Waals surface area contributed by atoms with E-state index in [-0.39, 0.29) is 23.9 Å². The van der Waals surface area contributed by atoms with Crippen LogP contribution in [0.15, 0.2) is 48.8 Å². The first-order valence-electron chi connectivity index (χ1n) is 9.85. The summed E-state index contributed by atoms with van der Waals surface area (Å²) in [5, 5.41) is 5.92. The van der Waals surface area contributed by atoms with Gasteiger partial charge in [0.1, 0.15) is 0 Å². The van der Waals surface area contributed by atoms with E-state index in [1.165, 1.54) is 0 Å². The van der Waals surface area contributed by atoms with E-state index in [2.05, 4.69) is 15.6 Å². The van der Waals surface area contributed by atoms with Crippen LogP contribution in [0.25, 0.3) is 0 Å². The molecule has 6 nitrogen and oxygen atoms in total. The highest BCUT2D eigenvalue weighted by Crippen LogP contribution is 2.27. The summed E-state index contributed by atoms with van der Waals surface area (Å²) in [7, 11) is 0. The summed E-state index contributed by atoms with van der Waals surface area (Å²) in [5.41, 5.74) is 2.77. The zero-order chi connectivity index (χ0) is 19.9. The maximum absolute atomic E-state index is 12.5. The van der Waals surface area contributed by atoms with Crippen molar-refractivity contribution in [3.8, 4) is 0 Å². The monoisotopic (exact) mass is 380 g/mol. The van der Waals surface area contributed by atoms with Crippen LogP contribution in [0.4, 0.5) is 4.79 Å². The van der Waals surface area contributed by atoms with Gasteiger partial charge in [-0.05, 0) is 62.1 Å². The van der Waals surface area contributed by atoms with Gasteiger partial charge < -0.3 is 15.5 Å². The molecule has 1 saturated heterocycles. The number of carbonyl (C=O) groups excluding carboxylic acids is 2. The molecule has 1 fully saturated rings. The molecule has 1 aromatic carbocycles. The number of carbonyl (C=O) groups is 2. The highest BCUT2D eigenvalue weighted by Gasteiger charge is 2.25. The van der Waals surface area contributed by atoms with Gasteiger partial charge in [0.05, 0.1) is 0 Å². The molecule has 0 spiro atoms. The third kappa shape index (κ3) is 5.31. The lowest BCUT2D eigenvalue weighted by atomic mass is 9.89. The van der Waals surface area contributed by atoms with Crippen LogP contribution in [0.3, 0.4) is 0 Å². The average molecular weight is 380 g/mol. The number of nitrogens with one attached hydrogen (secondary N) is 2. The van der Waals surface area contributed by atoms with Gasteiger partial charge in [-0.25, -0.2) is 4.79 Å². The van der Waals surface area contributed by atoms with Crippen LogP contribution in [0, 0.1) is 0 Å². The fourth-order valence-corrected chi connectivity index (χ4v) is 3.49. The first kappa shape index (κ1) is 19.9. The maximum atomic E-state index is 12.5. The highest BCUT2D eigenvalue weighted by molar-refractivity contribution is 5.94. The Morgan fingerprint density at radius 1 is 1.21 bits per heavy atom. The Morgan fingerprint density at radius 2 is 2.00 bits per heavy atom. The Kier molecular flexibility index (Phi) is 6.63. The number of amides is 3. The van der Waals surface area contributed by atoms with Crippen molar-refractivity contribution in [2.45, 2.75) is 45.2 Å². The van der Waals surface area contributed by atoms with Crippen molar-refractivity contribution in [2.24, 2.45) is 0 Å². The number of nitrogens with zero attached hydrogens (tertiary/aromatic N) is 2. The summed E-state index contributed by atoms with van der Waals surface area (Å²) in [6.45, 7) is 5.86. The van der Waals surface area contributed by atoms with Crippen LogP contribution in [0.2, 0.25) is 0 Å². The first-order valence-corrected chi connectivity index (χ1v) is 9.85. The topological polar surface area (TPSA) is 74.3 Å². The molecule has 1 atom stereocenters. The molecule has 28 heavy (non-hydrogen) atoms. The van der Waals surface area contributed by atoms with Gasteiger partial charge in [-0.3, -0.25) is 9.78 Å². The van der Waals surface area contributed by atoms with E-state index in [4.69, 9.17) is 0 Å². The predicted octanol–water partition coefficient (Wildman–Crippen LogP) is 3.31. The molecule has 2 aromatic rings. The minimum absolute atomic E-state index is 0.00838. The molecule has 1 aromatic heterocycles. The van der Waals surface area contributed by atoms with Gasteiger partial charge in [0.2, 0.25) is 0 Å². The van der Waals surface area contributed by atoms with Crippen LogP contribution in [-0.2, 0) is 6.54 Å². The quantitative estimate of drug-likeness (QED) is 0.836. The molecule has 1 aliphatic rings. The number of rotatable bonds is 5. The fraction of sp³-hybridized carbons (Fsp3) is 0.409. The van der Waals surface area contributed by atoms with Crippen LogP contribution >= 0.6 is 0 Å². The Labute approximate surface area is 166 Å². The Hall–Kier alpha value is -2.89. The number of likely N-dealkylation sites (tertiary alicyclic amines) is 1. The number of aromatic nitrogens is 1. The van der Waals surface area contributed by atoms with E-state index >= 15 is 0 Å². The van der Waals surface area contributed by atoms with Crippen molar-refractivity contribution in [3.05, 3.63) is 65.5 Å². The number of hydrogen-bond donors (Lipinski definition) is 2. The highest BCUT2D eigenvalue weighted by atomic mass is 16.2. The molecule has 2 heterocycles. The molecule has 3 rings (SSSR count). The van der Waals surface area contributed by atoms with Gasteiger partial charge in [-0.1, -0.05) is 12.1 Å². The molecule has 0 aliphatic carbocycles. The molecule has 0 saturated carbocycles. The molecular formula is C22H28N4O2. The van der Waals surface area contributed by atoms with Gasteiger partial charge in [0, 0.05) is 49.6 Å². The predicted molar refractivity (Wildman–Crippen MR) is 109 cm³/mol. The lowest BCUT2D eigenvalue weighted by Crippen LogP contribution is -2.47. The van der Waals surface area contributed by atoms with Gasteiger partial charge >= 0.3 is 6.03 Å². The largest absolute Gasteiger partial charge is 0.348 e. The Morgan fingerprint density at radius 3 is 2.75 bits per heavy atom. The summed E-state index contributed by atoms with van der Waals surface area (Å²) in [5.74, 6) is 0.156. The maximum Gasteiger partial charge on any atom is 0.317 e. The standard InChI is InChI=1S/C22H28N4O2/c1-16(2)25-22(28)26-12-4-7-20(15-26)18-5-3-6-19(13-18)21(27)24-14-17-8-10-23-11-9-17/h3,5-6,8-11,13,16,20H,4,7,12,14-15H2,1-2H3,(H,24,27)(H,25,28). The smallest absolute Gasteiger partial charge is 0.317 e. The van der Waals surface area contributed by atoms with Crippen LogP contribution in [0.1, 0.15) is 54.1 Å². The summed E-state index contributed by atoms with van der Waals surface area (Å²) in [4.78, 5) is 30.7. The van der Waals surface area contributed by atoms with Crippen molar-refractivity contribution in [2.75, 3.05) is 13.1 Å². The summed E-state index contributed by atoms with van der Waals surface area (Å²) in [6.07, 6.45) is 5.42. The van der Waals surface area contributed by atoms with Gasteiger partial charge in [-0.15, -0.1) is 0 Å².